The van der Waals surface area contributed by atoms with Crippen molar-refractivity contribution in [2.24, 2.45) is 0 Å². The average Bonchev–Trinajstić information content (AvgIpc) is 2.96. The van der Waals surface area contributed by atoms with Gasteiger partial charge in [0.05, 0.1) is 23.8 Å². The first-order valence-corrected chi connectivity index (χ1v) is 6.25. The number of aromatic nitrogens is 2. The summed E-state index contributed by atoms with van der Waals surface area (Å²) in [6, 6.07) is 8.78. The van der Waals surface area contributed by atoms with Crippen LogP contribution in [0.3, 0.4) is 0 Å². The largest absolute Gasteiger partial charge is 0.320 e. The summed E-state index contributed by atoms with van der Waals surface area (Å²) in [6.45, 7) is 2.18. The first-order valence-electron chi connectivity index (χ1n) is 6.25. The van der Waals surface area contributed by atoms with Gasteiger partial charge in [0.2, 0.25) is 0 Å². The quantitative estimate of drug-likeness (QED) is 0.743. The van der Waals surface area contributed by atoms with Crippen molar-refractivity contribution in [2.75, 3.05) is 13.1 Å². The first-order chi connectivity index (χ1) is 8.42. The van der Waals surface area contributed by atoms with E-state index in [1.54, 1.807) is 0 Å². The van der Waals surface area contributed by atoms with Gasteiger partial charge in [-0.3, -0.25) is 0 Å². The van der Waals surface area contributed by atoms with Gasteiger partial charge in [0, 0.05) is 5.56 Å². The molecule has 2 aliphatic heterocycles. The van der Waals surface area contributed by atoms with Crippen molar-refractivity contribution >= 4 is 0 Å². The molecule has 1 N–H and O–H groups in total. The molecule has 17 heavy (non-hydrogen) atoms. The van der Waals surface area contributed by atoms with Crippen LogP contribution >= 0.6 is 0 Å². The molecule has 0 unspecified atom stereocenters. The standard InChI is InChI=1S/C14H15N3/c1-2-4-12-11(3-1)13-9-16-10-17(13)14(12)5-7-15-8-6-14/h1-4,9-10,15H,5-8H2. The molecule has 86 valence electrons. The Bertz CT molecular complexity index is 564. The Morgan fingerprint density at radius 3 is 2.88 bits per heavy atom. The van der Waals surface area contributed by atoms with Gasteiger partial charge in [-0.25, -0.2) is 4.98 Å². The zero-order valence-corrected chi connectivity index (χ0v) is 9.69. The lowest BCUT2D eigenvalue weighted by Crippen LogP contribution is -2.43. The van der Waals surface area contributed by atoms with E-state index in [9.17, 15) is 0 Å². The average molecular weight is 225 g/mol. The summed E-state index contributed by atoms with van der Waals surface area (Å²) in [5, 5.41) is 3.46. The minimum absolute atomic E-state index is 0.160. The summed E-state index contributed by atoms with van der Waals surface area (Å²) in [5.74, 6) is 0. The van der Waals surface area contributed by atoms with E-state index < -0.39 is 0 Å². The Morgan fingerprint density at radius 2 is 2.00 bits per heavy atom. The number of nitrogens with zero attached hydrogens (tertiary/aromatic N) is 2. The maximum atomic E-state index is 4.33. The smallest absolute Gasteiger partial charge is 0.0959 e. The van der Waals surface area contributed by atoms with Crippen molar-refractivity contribution in [1.29, 1.82) is 0 Å². The van der Waals surface area contributed by atoms with E-state index in [1.165, 1.54) is 16.8 Å². The first kappa shape index (κ1) is 9.42. The lowest BCUT2D eigenvalue weighted by molar-refractivity contribution is 0.271. The molecule has 1 spiro atoms. The van der Waals surface area contributed by atoms with Crippen LogP contribution in [0.15, 0.2) is 36.8 Å². The van der Waals surface area contributed by atoms with Crippen LogP contribution in [0.2, 0.25) is 0 Å². The number of hydrogen-bond acceptors (Lipinski definition) is 2. The number of imidazole rings is 1. The van der Waals surface area contributed by atoms with Gasteiger partial charge in [0.15, 0.2) is 0 Å². The molecule has 1 fully saturated rings. The minimum Gasteiger partial charge on any atom is -0.320 e. The number of piperidine rings is 1. The maximum absolute atomic E-state index is 4.33. The zero-order valence-electron chi connectivity index (χ0n) is 9.69. The number of nitrogens with one attached hydrogen (secondary N) is 1. The molecule has 3 heteroatoms. The van der Waals surface area contributed by atoms with Crippen molar-refractivity contribution in [1.82, 2.24) is 14.9 Å². The van der Waals surface area contributed by atoms with Crippen molar-refractivity contribution in [3.05, 3.63) is 42.4 Å². The highest BCUT2D eigenvalue weighted by molar-refractivity contribution is 5.70. The van der Waals surface area contributed by atoms with Crippen LogP contribution in [0.4, 0.5) is 0 Å². The minimum atomic E-state index is 0.160. The summed E-state index contributed by atoms with van der Waals surface area (Å²) >= 11 is 0. The van der Waals surface area contributed by atoms with E-state index in [2.05, 4.69) is 39.1 Å². The van der Waals surface area contributed by atoms with E-state index in [-0.39, 0.29) is 5.54 Å². The Balaban J connectivity index is 2.02. The van der Waals surface area contributed by atoms with Gasteiger partial charge >= 0.3 is 0 Å². The molecular formula is C14H15N3. The highest BCUT2D eigenvalue weighted by atomic mass is 15.2. The molecule has 0 radical (unpaired) electrons. The SMILES string of the molecule is c1ccc2c(c1)-c1cncn1C21CCNCC1. The van der Waals surface area contributed by atoms with E-state index in [0.717, 1.165) is 25.9 Å². The monoisotopic (exact) mass is 225 g/mol. The Hall–Kier alpha value is -1.61. The lowest BCUT2D eigenvalue weighted by Gasteiger charge is -2.36. The number of rotatable bonds is 0. The van der Waals surface area contributed by atoms with Crippen molar-refractivity contribution < 1.29 is 0 Å². The molecule has 0 aliphatic carbocycles. The third-order valence-electron chi connectivity index (χ3n) is 4.23. The fraction of sp³-hybridized carbons (Fsp3) is 0.357. The van der Waals surface area contributed by atoms with Crippen LogP contribution in [0.1, 0.15) is 18.4 Å². The van der Waals surface area contributed by atoms with Crippen LogP contribution in [0.5, 0.6) is 0 Å². The Morgan fingerprint density at radius 1 is 1.18 bits per heavy atom. The topological polar surface area (TPSA) is 29.9 Å². The molecule has 0 atom stereocenters. The summed E-state index contributed by atoms with van der Waals surface area (Å²) in [5.41, 5.74) is 4.29. The second-order valence-electron chi connectivity index (χ2n) is 4.98. The Labute approximate surface area is 100 Å². The van der Waals surface area contributed by atoms with Gasteiger partial charge in [-0.15, -0.1) is 0 Å². The second-order valence-corrected chi connectivity index (χ2v) is 4.98. The Kier molecular flexibility index (Phi) is 1.77. The molecule has 0 amide bonds. The van der Waals surface area contributed by atoms with Gasteiger partial charge in [-0.2, -0.15) is 0 Å². The summed E-state index contributed by atoms with van der Waals surface area (Å²) in [4.78, 5) is 4.33. The lowest BCUT2D eigenvalue weighted by atomic mass is 9.81. The normalized spacial score (nSPS) is 20.2. The second kappa shape index (κ2) is 3.20. The number of fused-ring (bicyclic) bond motifs is 5. The molecule has 1 saturated heterocycles. The van der Waals surface area contributed by atoms with Gasteiger partial charge < -0.3 is 9.88 Å². The maximum Gasteiger partial charge on any atom is 0.0959 e. The molecule has 0 bridgehead atoms. The van der Waals surface area contributed by atoms with Gasteiger partial charge in [-0.05, 0) is 31.5 Å². The molecule has 2 aliphatic rings. The van der Waals surface area contributed by atoms with Gasteiger partial charge in [-0.1, -0.05) is 24.3 Å². The predicted octanol–water partition coefficient (Wildman–Crippen LogP) is 1.99. The van der Waals surface area contributed by atoms with E-state index in [1.807, 2.05) is 12.5 Å². The molecule has 3 nitrogen and oxygen atoms in total. The third kappa shape index (κ3) is 1.07. The van der Waals surface area contributed by atoms with Crippen molar-refractivity contribution in [2.45, 2.75) is 18.4 Å². The molecule has 1 aromatic carbocycles. The summed E-state index contributed by atoms with van der Waals surface area (Å²) in [6.07, 6.45) is 6.32. The van der Waals surface area contributed by atoms with E-state index >= 15 is 0 Å². The molecule has 2 aromatic rings. The predicted molar refractivity (Wildman–Crippen MR) is 66.8 cm³/mol. The third-order valence-corrected chi connectivity index (χ3v) is 4.23. The fourth-order valence-electron chi connectivity index (χ4n) is 3.43. The number of hydrogen-bond donors (Lipinski definition) is 1. The van der Waals surface area contributed by atoms with Crippen molar-refractivity contribution in [3.8, 4) is 11.3 Å². The summed E-state index contributed by atoms with van der Waals surface area (Å²) < 4.78 is 2.39. The molecule has 1 aromatic heterocycles. The molecule has 0 saturated carbocycles. The van der Waals surface area contributed by atoms with Crippen LogP contribution in [0, 0.1) is 0 Å². The van der Waals surface area contributed by atoms with Gasteiger partial charge in [0.25, 0.3) is 0 Å². The zero-order chi connectivity index (χ0) is 11.3. The summed E-state index contributed by atoms with van der Waals surface area (Å²) in [7, 11) is 0. The number of benzene rings is 1. The van der Waals surface area contributed by atoms with E-state index in [0.29, 0.717) is 0 Å². The highest BCUT2D eigenvalue weighted by Crippen LogP contribution is 2.47. The van der Waals surface area contributed by atoms with Crippen molar-refractivity contribution in [3.63, 3.8) is 0 Å². The fourth-order valence-corrected chi connectivity index (χ4v) is 3.43. The molecular weight excluding hydrogens is 210 g/mol. The van der Waals surface area contributed by atoms with Gasteiger partial charge in [0.1, 0.15) is 0 Å². The van der Waals surface area contributed by atoms with Crippen LogP contribution in [-0.4, -0.2) is 22.6 Å². The molecule has 4 rings (SSSR count). The van der Waals surface area contributed by atoms with Crippen LogP contribution < -0.4 is 5.32 Å². The van der Waals surface area contributed by atoms with Crippen LogP contribution in [0.25, 0.3) is 11.3 Å². The highest BCUT2D eigenvalue weighted by Gasteiger charge is 2.43. The molecule has 3 heterocycles. The van der Waals surface area contributed by atoms with E-state index in [4.69, 9.17) is 0 Å². The van der Waals surface area contributed by atoms with Crippen LogP contribution in [-0.2, 0) is 5.54 Å².